The van der Waals surface area contributed by atoms with Crippen LogP contribution in [0.25, 0.3) is 0 Å². The Labute approximate surface area is 285 Å². The van der Waals surface area contributed by atoms with Crippen molar-refractivity contribution in [2.75, 3.05) is 70.0 Å². The third-order valence-electron chi connectivity index (χ3n) is 3.24. The van der Waals surface area contributed by atoms with E-state index in [4.69, 9.17) is 48.2 Å². The molecule has 0 saturated carbocycles. The Morgan fingerprint density at radius 2 is 0.455 bits per heavy atom. The van der Waals surface area contributed by atoms with Gasteiger partial charge in [-0.1, -0.05) is 125 Å². The van der Waals surface area contributed by atoms with Crippen LogP contribution in [0, 0.1) is 0 Å². The van der Waals surface area contributed by atoms with E-state index in [1.165, 1.54) is 0 Å². The van der Waals surface area contributed by atoms with Crippen molar-refractivity contribution in [2.24, 2.45) is 11.5 Å². The summed E-state index contributed by atoms with van der Waals surface area (Å²) in [4.78, 5) is 0. The summed E-state index contributed by atoms with van der Waals surface area (Å²) in [5, 5.41) is 14.0. The fourth-order valence-electron chi connectivity index (χ4n) is 1.75. The molecule has 0 aliphatic heterocycles. The topological polar surface area (TPSA) is 148 Å². The minimum Gasteiger partial charge on any atom is -0.400 e. The van der Waals surface area contributed by atoms with Gasteiger partial charge in [0.25, 0.3) is 0 Å². The van der Waals surface area contributed by atoms with Crippen molar-refractivity contribution in [3.8, 4) is 0 Å². The fourth-order valence-corrected chi connectivity index (χ4v) is 5.25. The molecule has 6 N–H and O–H groups in total. The van der Waals surface area contributed by atoms with Crippen molar-refractivity contribution in [3.05, 3.63) is 0 Å². The lowest BCUT2D eigenvalue weighted by Gasteiger charge is -2.23. The Morgan fingerprint density at radius 1 is 0.341 bits per heavy atom. The molecule has 0 atom stereocenters. The van der Waals surface area contributed by atoms with Crippen LogP contribution in [-0.4, -0.2) is 97.8 Å². The molecular formula is C32H96N2O8Si2. The maximum Gasteiger partial charge on any atom is 0.500 e. The summed E-state index contributed by atoms with van der Waals surface area (Å²) >= 11 is 0. The summed E-state index contributed by atoms with van der Waals surface area (Å²) in [6.07, 6.45) is 1.75. The molecule has 0 spiro atoms. The molecule has 0 aromatic heterocycles. The van der Waals surface area contributed by atoms with Crippen molar-refractivity contribution in [1.82, 2.24) is 0 Å². The lowest BCUT2D eigenvalue weighted by Crippen LogP contribution is -2.42. The molecule has 0 aromatic rings. The van der Waals surface area contributed by atoms with Crippen LogP contribution < -0.4 is 11.5 Å². The molecule has 0 aliphatic rings. The second-order valence-corrected chi connectivity index (χ2v) is 10.6. The zero-order valence-electron chi connectivity index (χ0n) is 35.7. The van der Waals surface area contributed by atoms with Gasteiger partial charge in [-0.15, -0.1) is 0 Å². The smallest absolute Gasteiger partial charge is 0.400 e. The first-order valence-electron chi connectivity index (χ1n) is 17.1. The molecule has 0 aromatic carbocycles. The highest BCUT2D eigenvalue weighted by Gasteiger charge is 2.37. The third-order valence-corrected chi connectivity index (χ3v) is 8.90. The Kier molecular flexibility index (Phi) is 253. The van der Waals surface area contributed by atoms with Gasteiger partial charge in [-0.3, -0.25) is 0 Å². The van der Waals surface area contributed by atoms with Crippen molar-refractivity contribution in [2.45, 2.75) is 150 Å². The van der Waals surface area contributed by atoms with Crippen LogP contribution in [0.3, 0.4) is 0 Å². The molecule has 0 radical (unpaired) electrons. The molecule has 0 unspecified atom stereocenters. The zero-order valence-corrected chi connectivity index (χ0v) is 37.7. The van der Waals surface area contributed by atoms with Crippen LogP contribution in [0.15, 0.2) is 0 Å². The van der Waals surface area contributed by atoms with Gasteiger partial charge in [-0.2, -0.15) is 0 Å². The van der Waals surface area contributed by atoms with E-state index in [2.05, 4.69) is 0 Å². The number of hydrogen-bond acceptors (Lipinski definition) is 10. The average molecular weight is 693 g/mol. The number of aliphatic hydroxyl groups is 2. The standard InChI is InChI=1S/2C6H17NO3Si.9C2H6.2CH4O/c2*1-8-11(9-2,10-3)6-4-5-7;11*1-2/h2*4-7H2,1-3H3;9*1-2H3;2*2H,1H3. The Balaban J connectivity index is -0.0000000245. The van der Waals surface area contributed by atoms with Gasteiger partial charge in [0, 0.05) is 69.0 Å². The molecule has 44 heavy (non-hydrogen) atoms. The SMILES string of the molecule is CC.CC.CC.CC.CC.CC.CC.CC.CC.CO.CO.CO[Si](CCCN)(OC)OC.CO[Si](CCCN)(OC)OC. The Morgan fingerprint density at radius 3 is 0.523 bits per heavy atom. The van der Waals surface area contributed by atoms with Crippen LogP contribution in [-0.2, 0) is 26.6 Å². The van der Waals surface area contributed by atoms with E-state index in [1.807, 2.05) is 125 Å². The van der Waals surface area contributed by atoms with Gasteiger partial charge in [-0.05, 0) is 25.9 Å². The fraction of sp³-hybridized carbons (Fsp3) is 1.00. The van der Waals surface area contributed by atoms with Crippen LogP contribution in [0.1, 0.15) is 137 Å². The van der Waals surface area contributed by atoms with Gasteiger partial charge >= 0.3 is 17.6 Å². The van der Waals surface area contributed by atoms with Gasteiger partial charge in [0.2, 0.25) is 0 Å². The van der Waals surface area contributed by atoms with E-state index in [0.717, 1.165) is 39.1 Å². The van der Waals surface area contributed by atoms with E-state index in [0.29, 0.717) is 13.1 Å². The second kappa shape index (κ2) is 132. The largest absolute Gasteiger partial charge is 0.500 e. The molecule has 0 rings (SSSR count). The predicted octanol–water partition coefficient (Wildman–Crippen LogP) is 8.88. The van der Waals surface area contributed by atoms with E-state index in [1.54, 1.807) is 42.7 Å². The molecule has 0 fully saturated rings. The summed E-state index contributed by atoms with van der Waals surface area (Å²) in [6.45, 7) is 37.3. The van der Waals surface area contributed by atoms with Gasteiger partial charge < -0.3 is 48.2 Å². The highest BCUT2D eigenvalue weighted by molar-refractivity contribution is 6.60. The van der Waals surface area contributed by atoms with Crippen LogP contribution in [0.2, 0.25) is 12.1 Å². The summed E-state index contributed by atoms with van der Waals surface area (Å²) in [5.74, 6) is 0. The second-order valence-electron chi connectivity index (χ2n) is 4.38. The molecular weight excluding hydrogens is 597 g/mol. The van der Waals surface area contributed by atoms with Crippen molar-refractivity contribution in [3.63, 3.8) is 0 Å². The van der Waals surface area contributed by atoms with Gasteiger partial charge in [0.15, 0.2) is 0 Å². The van der Waals surface area contributed by atoms with Crippen LogP contribution in [0.5, 0.6) is 0 Å². The van der Waals surface area contributed by atoms with Crippen LogP contribution in [0.4, 0.5) is 0 Å². The van der Waals surface area contributed by atoms with E-state index >= 15 is 0 Å². The quantitative estimate of drug-likeness (QED) is 0.146. The molecule has 290 valence electrons. The molecule has 0 bridgehead atoms. The highest BCUT2D eigenvalue weighted by Crippen LogP contribution is 2.14. The first-order chi connectivity index (χ1) is 21.5. The Bertz CT molecular complexity index is 220. The summed E-state index contributed by atoms with van der Waals surface area (Å²) < 4.78 is 31.1. The van der Waals surface area contributed by atoms with Crippen molar-refractivity contribution >= 4 is 17.6 Å². The minimum absolute atomic E-state index is 0.644. The third kappa shape index (κ3) is 90.1. The zero-order chi connectivity index (χ0) is 39.5. The Hall–Kier alpha value is 0.0338. The van der Waals surface area contributed by atoms with E-state index < -0.39 is 17.6 Å². The average Bonchev–Trinajstić information content (AvgIpc) is 3.19. The van der Waals surface area contributed by atoms with Crippen molar-refractivity contribution in [1.29, 1.82) is 0 Å². The molecule has 12 heteroatoms. The highest BCUT2D eigenvalue weighted by atomic mass is 28.4. The van der Waals surface area contributed by atoms with E-state index in [9.17, 15) is 0 Å². The number of rotatable bonds is 12. The maximum absolute atomic E-state index is 7.00. The van der Waals surface area contributed by atoms with Crippen LogP contribution >= 0.6 is 0 Å². The first-order valence-corrected chi connectivity index (χ1v) is 21.0. The van der Waals surface area contributed by atoms with E-state index in [-0.39, 0.29) is 0 Å². The maximum atomic E-state index is 7.00. The first kappa shape index (κ1) is 84.7. The van der Waals surface area contributed by atoms with Gasteiger partial charge in [-0.25, -0.2) is 0 Å². The lowest BCUT2D eigenvalue weighted by atomic mass is 10.5. The summed E-state index contributed by atoms with van der Waals surface area (Å²) in [5.41, 5.74) is 10.7. The van der Waals surface area contributed by atoms with Gasteiger partial charge in [0.05, 0.1) is 0 Å². The minimum atomic E-state index is -2.32. The monoisotopic (exact) mass is 693 g/mol. The molecule has 0 heterocycles. The predicted molar refractivity (Wildman–Crippen MR) is 209 cm³/mol. The number of hydrogen-bond donors (Lipinski definition) is 4. The van der Waals surface area contributed by atoms with Crippen molar-refractivity contribution < 1.29 is 36.8 Å². The summed E-state index contributed by atoms with van der Waals surface area (Å²) in [7, 11) is 7.00. The normalized spacial score (nSPS) is 7.50. The molecule has 0 saturated heterocycles. The molecule has 10 nitrogen and oxygen atoms in total. The molecule has 0 aliphatic carbocycles. The lowest BCUT2D eigenvalue weighted by molar-refractivity contribution is 0.122. The summed E-state index contributed by atoms with van der Waals surface area (Å²) in [6, 6.07) is 1.57. The molecule has 0 amide bonds. The van der Waals surface area contributed by atoms with Gasteiger partial charge in [0.1, 0.15) is 0 Å². The number of nitrogens with two attached hydrogens (primary N) is 2. The number of aliphatic hydroxyl groups excluding tert-OH is 2.